The van der Waals surface area contributed by atoms with E-state index in [1.54, 1.807) is 0 Å². The van der Waals surface area contributed by atoms with Crippen LogP contribution in [0.25, 0.3) is 0 Å². The van der Waals surface area contributed by atoms with Gasteiger partial charge in [0.15, 0.2) is 0 Å². The van der Waals surface area contributed by atoms with E-state index in [9.17, 15) is 9.59 Å². The van der Waals surface area contributed by atoms with Gasteiger partial charge in [0.1, 0.15) is 0 Å². The number of aromatic nitrogens is 2. The van der Waals surface area contributed by atoms with E-state index in [1.165, 1.54) is 12.8 Å². The van der Waals surface area contributed by atoms with E-state index in [0.717, 1.165) is 38.0 Å². The van der Waals surface area contributed by atoms with Crippen LogP contribution < -0.4 is 0 Å². The first-order chi connectivity index (χ1) is 11.6. The number of carbonyl (C=O) groups is 2. The molecular formula is C18H26N4O2. The summed E-state index contributed by atoms with van der Waals surface area (Å²) in [6.45, 7) is 5.08. The molecule has 0 bridgehead atoms. The van der Waals surface area contributed by atoms with Crippen molar-refractivity contribution in [3.05, 3.63) is 18.0 Å². The van der Waals surface area contributed by atoms with E-state index in [-0.39, 0.29) is 23.8 Å². The summed E-state index contributed by atoms with van der Waals surface area (Å²) in [6, 6.07) is 0.212. The molecule has 3 aliphatic rings. The molecule has 6 nitrogen and oxygen atoms in total. The maximum atomic E-state index is 13.0. The van der Waals surface area contributed by atoms with Crippen molar-refractivity contribution in [2.75, 3.05) is 19.6 Å². The number of rotatable bonds is 5. The normalized spacial score (nSPS) is 27.3. The van der Waals surface area contributed by atoms with Gasteiger partial charge in [0, 0.05) is 32.3 Å². The van der Waals surface area contributed by atoms with Crippen molar-refractivity contribution in [3.8, 4) is 0 Å². The highest BCUT2D eigenvalue weighted by Gasteiger charge is 2.41. The average molecular weight is 330 g/mol. The van der Waals surface area contributed by atoms with Gasteiger partial charge in [0.05, 0.1) is 24.7 Å². The van der Waals surface area contributed by atoms with Crippen LogP contribution >= 0.6 is 0 Å². The first-order valence-electron chi connectivity index (χ1n) is 9.17. The molecule has 2 amide bonds. The number of likely N-dealkylation sites (tertiary alicyclic amines) is 2. The second kappa shape index (κ2) is 6.22. The topological polar surface area (TPSA) is 58.4 Å². The molecule has 6 heteroatoms. The third-order valence-electron chi connectivity index (χ3n) is 5.56. The number of hydrogen-bond donors (Lipinski definition) is 0. The predicted molar refractivity (Wildman–Crippen MR) is 89.1 cm³/mol. The predicted octanol–water partition coefficient (Wildman–Crippen LogP) is 1.44. The van der Waals surface area contributed by atoms with Gasteiger partial charge in [-0.25, -0.2) is 0 Å². The molecule has 0 N–H and O–H groups in total. The average Bonchev–Trinajstić information content (AvgIpc) is 2.92. The molecule has 1 aromatic heterocycles. The van der Waals surface area contributed by atoms with Crippen LogP contribution in [0.1, 0.15) is 37.7 Å². The summed E-state index contributed by atoms with van der Waals surface area (Å²) in [5, 5.41) is 4.35. The van der Waals surface area contributed by atoms with Gasteiger partial charge < -0.3 is 9.80 Å². The van der Waals surface area contributed by atoms with Crippen molar-refractivity contribution in [1.29, 1.82) is 0 Å². The number of hydrogen-bond acceptors (Lipinski definition) is 3. The Hall–Kier alpha value is -1.85. The lowest BCUT2D eigenvalue weighted by molar-refractivity contribution is -0.136. The lowest BCUT2D eigenvalue weighted by Gasteiger charge is -2.27. The molecule has 0 radical (unpaired) electrons. The lowest BCUT2D eigenvalue weighted by Crippen LogP contribution is -2.42. The van der Waals surface area contributed by atoms with Crippen LogP contribution in [-0.2, 0) is 16.1 Å². The Balaban J connectivity index is 1.38. The van der Waals surface area contributed by atoms with Crippen LogP contribution in [-0.4, -0.2) is 57.1 Å². The standard InChI is InChI=1S/C18H26N4O2/c1-13-8-19-21(9-13)12-16-3-2-6-22(16)18(24)15-7-17(23)20(11-15)10-14-4-5-14/h8-9,14-16H,2-7,10-12H2,1H3/t15-,16+/m1/s1. The third kappa shape index (κ3) is 3.19. The fraction of sp³-hybridized carbons (Fsp3) is 0.722. The van der Waals surface area contributed by atoms with E-state index < -0.39 is 0 Å². The zero-order valence-electron chi connectivity index (χ0n) is 14.4. The van der Waals surface area contributed by atoms with E-state index in [0.29, 0.717) is 18.9 Å². The van der Waals surface area contributed by atoms with E-state index in [2.05, 4.69) is 5.10 Å². The maximum Gasteiger partial charge on any atom is 0.228 e. The molecule has 4 rings (SSSR count). The van der Waals surface area contributed by atoms with Crippen LogP contribution in [0.5, 0.6) is 0 Å². The minimum Gasteiger partial charge on any atom is -0.342 e. The molecule has 1 aliphatic carbocycles. The highest BCUT2D eigenvalue weighted by Crippen LogP contribution is 2.33. The van der Waals surface area contributed by atoms with Crippen LogP contribution in [0, 0.1) is 18.8 Å². The minimum atomic E-state index is -0.142. The fourth-order valence-corrected chi connectivity index (χ4v) is 4.06. The van der Waals surface area contributed by atoms with Gasteiger partial charge in [-0.1, -0.05) is 0 Å². The third-order valence-corrected chi connectivity index (χ3v) is 5.56. The summed E-state index contributed by atoms with van der Waals surface area (Å²) >= 11 is 0. The summed E-state index contributed by atoms with van der Waals surface area (Å²) in [6.07, 6.45) is 8.82. The van der Waals surface area contributed by atoms with Crippen LogP contribution in [0.2, 0.25) is 0 Å². The van der Waals surface area contributed by atoms with Crippen molar-refractivity contribution in [1.82, 2.24) is 19.6 Å². The Morgan fingerprint density at radius 3 is 2.83 bits per heavy atom. The van der Waals surface area contributed by atoms with E-state index in [4.69, 9.17) is 0 Å². The second-order valence-electron chi connectivity index (χ2n) is 7.71. The Morgan fingerprint density at radius 2 is 2.12 bits per heavy atom. The van der Waals surface area contributed by atoms with Gasteiger partial charge in [-0.2, -0.15) is 5.10 Å². The zero-order chi connectivity index (χ0) is 16.7. The fourth-order valence-electron chi connectivity index (χ4n) is 4.06. The first kappa shape index (κ1) is 15.7. The summed E-state index contributed by atoms with van der Waals surface area (Å²) in [4.78, 5) is 29.1. The number of amides is 2. The molecule has 0 spiro atoms. The largest absolute Gasteiger partial charge is 0.342 e. The van der Waals surface area contributed by atoms with Gasteiger partial charge in [0.25, 0.3) is 0 Å². The first-order valence-corrected chi connectivity index (χ1v) is 9.17. The summed E-state index contributed by atoms with van der Waals surface area (Å²) in [5.74, 6) is 0.883. The number of carbonyl (C=O) groups excluding carboxylic acids is 2. The van der Waals surface area contributed by atoms with Crippen molar-refractivity contribution in [3.63, 3.8) is 0 Å². The van der Waals surface area contributed by atoms with Crippen molar-refractivity contribution in [2.45, 2.75) is 51.6 Å². The number of aryl methyl sites for hydroxylation is 1. The van der Waals surface area contributed by atoms with Crippen LogP contribution in [0.3, 0.4) is 0 Å². The van der Waals surface area contributed by atoms with Crippen molar-refractivity contribution >= 4 is 11.8 Å². The molecule has 24 heavy (non-hydrogen) atoms. The Kier molecular flexibility index (Phi) is 4.06. The summed E-state index contributed by atoms with van der Waals surface area (Å²) in [5.41, 5.74) is 1.14. The summed E-state index contributed by atoms with van der Waals surface area (Å²) < 4.78 is 1.94. The second-order valence-corrected chi connectivity index (χ2v) is 7.71. The highest BCUT2D eigenvalue weighted by molar-refractivity contribution is 5.89. The van der Waals surface area contributed by atoms with E-state index >= 15 is 0 Å². The molecular weight excluding hydrogens is 304 g/mol. The smallest absolute Gasteiger partial charge is 0.228 e. The molecule has 2 atom stereocenters. The molecule has 2 aliphatic heterocycles. The molecule has 3 heterocycles. The van der Waals surface area contributed by atoms with Crippen molar-refractivity contribution < 1.29 is 9.59 Å². The quantitative estimate of drug-likeness (QED) is 0.821. The van der Waals surface area contributed by atoms with Gasteiger partial charge in [-0.3, -0.25) is 14.3 Å². The zero-order valence-corrected chi connectivity index (χ0v) is 14.4. The Bertz CT molecular complexity index is 637. The molecule has 2 saturated heterocycles. The molecule has 3 fully saturated rings. The summed E-state index contributed by atoms with van der Waals surface area (Å²) in [7, 11) is 0. The molecule has 1 saturated carbocycles. The van der Waals surface area contributed by atoms with Crippen molar-refractivity contribution in [2.24, 2.45) is 11.8 Å². The van der Waals surface area contributed by atoms with Gasteiger partial charge in [-0.15, -0.1) is 0 Å². The molecule has 130 valence electrons. The van der Waals surface area contributed by atoms with Gasteiger partial charge in [0.2, 0.25) is 11.8 Å². The van der Waals surface area contributed by atoms with E-state index in [1.807, 2.05) is 33.8 Å². The molecule has 1 aromatic rings. The maximum absolute atomic E-state index is 13.0. The highest BCUT2D eigenvalue weighted by atomic mass is 16.2. The Labute approximate surface area is 142 Å². The molecule has 0 unspecified atom stereocenters. The number of nitrogens with zero attached hydrogens (tertiary/aromatic N) is 4. The van der Waals surface area contributed by atoms with Gasteiger partial charge in [-0.05, 0) is 44.1 Å². The SMILES string of the molecule is Cc1cnn(C[C@@H]2CCCN2C(=O)[C@@H]2CC(=O)N(CC3CC3)C2)c1. The Morgan fingerprint density at radius 1 is 1.29 bits per heavy atom. The monoisotopic (exact) mass is 330 g/mol. The van der Waals surface area contributed by atoms with Crippen LogP contribution in [0.4, 0.5) is 0 Å². The van der Waals surface area contributed by atoms with Crippen LogP contribution in [0.15, 0.2) is 12.4 Å². The molecule has 0 aromatic carbocycles. The lowest BCUT2D eigenvalue weighted by atomic mass is 10.1. The minimum absolute atomic E-state index is 0.142. The van der Waals surface area contributed by atoms with Gasteiger partial charge >= 0.3 is 0 Å².